The molecule has 0 spiro atoms. The third-order valence-corrected chi connectivity index (χ3v) is 12.6. The normalized spacial score (nSPS) is 12.3. The minimum absolute atomic E-state index is 0.0807. The summed E-state index contributed by atoms with van der Waals surface area (Å²) in [7, 11) is 0. The number of carbonyl (C=O) groups excluding carboxylic acids is 3. The van der Waals surface area contributed by atoms with Crippen molar-refractivity contribution >= 4 is 17.9 Å². The Morgan fingerprint density at radius 1 is 0.303 bits per heavy atom. The molecule has 1 unspecified atom stereocenters. The van der Waals surface area contributed by atoms with Crippen molar-refractivity contribution in [1.82, 2.24) is 0 Å². The van der Waals surface area contributed by atoms with Crippen molar-refractivity contribution in [2.75, 3.05) is 13.2 Å². The first-order chi connectivity index (χ1) is 32.5. The minimum atomic E-state index is -0.784. The summed E-state index contributed by atoms with van der Waals surface area (Å²) in [5, 5.41) is 0. The molecule has 0 aromatic rings. The average Bonchev–Trinajstić information content (AvgIpc) is 3.31. The lowest BCUT2D eigenvalue weighted by molar-refractivity contribution is -0.167. The standard InChI is InChI=1S/C60H108O6/c1-4-7-10-13-16-19-22-25-28-29-30-31-32-33-36-38-41-44-47-50-53-59(62)65-56-57(66-60(63)54-51-48-45-42-39-35-27-24-21-18-15-12-9-6-3)55-64-58(61)52-49-46-43-40-37-34-26-23-20-17-14-11-8-5-2/h14-15,17-18,23-24,26-27,57H,4-13,16,19-22,25,28-56H2,1-3H3/b17-14-,18-15-,26-23-,27-24-. The molecular formula is C60H108O6. The molecule has 0 fully saturated rings. The maximum atomic E-state index is 12.8. The third-order valence-electron chi connectivity index (χ3n) is 12.6. The summed E-state index contributed by atoms with van der Waals surface area (Å²) in [4.78, 5) is 38.1. The van der Waals surface area contributed by atoms with Crippen LogP contribution in [0.5, 0.6) is 0 Å². The van der Waals surface area contributed by atoms with E-state index in [0.29, 0.717) is 19.3 Å². The summed E-state index contributed by atoms with van der Waals surface area (Å²) in [6.45, 7) is 6.57. The van der Waals surface area contributed by atoms with Gasteiger partial charge in [-0.05, 0) is 70.6 Å². The van der Waals surface area contributed by atoms with Gasteiger partial charge in [0.15, 0.2) is 6.10 Å². The molecular weight excluding hydrogens is 817 g/mol. The molecule has 0 aliphatic rings. The van der Waals surface area contributed by atoms with Gasteiger partial charge in [-0.1, -0.05) is 256 Å². The number of unbranched alkanes of at least 4 members (excludes halogenated alkanes) is 33. The van der Waals surface area contributed by atoms with Crippen LogP contribution in [0.2, 0.25) is 0 Å². The quantitative estimate of drug-likeness (QED) is 0.0262. The van der Waals surface area contributed by atoms with Gasteiger partial charge in [-0.25, -0.2) is 0 Å². The molecule has 0 saturated carbocycles. The second-order valence-corrected chi connectivity index (χ2v) is 19.2. The smallest absolute Gasteiger partial charge is 0.306 e. The first-order valence-corrected chi connectivity index (χ1v) is 28.6. The van der Waals surface area contributed by atoms with Gasteiger partial charge in [0.2, 0.25) is 0 Å². The van der Waals surface area contributed by atoms with Crippen LogP contribution in [-0.4, -0.2) is 37.2 Å². The van der Waals surface area contributed by atoms with E-state index in [9.17, 15) is 14.4 Å². The Kier molecular flexibility index (Phi) is 52.8. The number of hydrogen-bond donors (Lipinski definition) is 0. The van der Waals surface area contributed by atoms with Crippen LogP contribution in [0, 0.1) is 0 Å². The molecule has 0 bridgehead atoms. The first kappa shape index (κ1) is 63.4. The molecule has 384 valence electrons. The highest BCUT2D eigenvalue weighted by Crippen LogP contribution is 2.16. The van der Waals surface area contributed by atoms with E-state index in [1.807, 2.05) is 0 Å². The molecule has 0 aromatic heterocycles. The van der Waals surface area contributed by atoms with Crippen molar-refractivity contribution in [1.29, 1.82) is 0 Å². The van der Waals surface area contributed by atoms with Crippen molar-refractivity contribution in [3.8, 4) is 0 Å². The van der Waals surface area contributed by atoms with Gasteiger partial charge in [0.05, 0.1) is 0 Å². The Morgan fingerprint density at radius 2 is 0.561 bits per heavy atom. The van der Waals surface area contributed by atoms with E-state index < -0.39 is 6.10 Å². The van der Waals surface area contributed by atoms with Crippen LogP contribution in [0.3, 0.4) is 0 Å². The van der Waals surface area contributed by atoms with Crippen molar-refractivity contribution in [2.24, 2.45) is 0 Å². The van der Waals surface area contributed by atoms with Gasteiger partial charge in [-0.2, -0.15) is 0 Å². The molecule has 1 atom stereocenters. The van der Waals surface area contributed by atoms with E-state index in [0.717, 1.165) is 103 Å². The van der Waals surface area contributed by atoms with E-state index in [1.54, 1.807) is 0 Å². The lowest BCUT2D eigenvalue weighted by atomic mass is 10.0. The third kappa shape index (κ3) is 52.3. The van der Waals surface area contributed by atoms with Crippen molar-refractivity contribution in [3.05, 3.63) is 48.6 Å². The van der Waals surface area contributed by atoms with E-state index in [1.165, 1.54) is 154 Å². The SMILES string of the molecule is CCCC/C=C\C/C=C\CCCCCCCC(=O)OCC(COC(=O)CCCCCCCCCCCCCCCCCCCCCC)OC(=O)CCCCCCC/C=C\C/C=C\CCCC. The number of ether oxygens (including phenoxy) is 3. The number of rotatable bonds is 52. The molecule has 6 nitrogen and oxygen atoms in total. The number of esters is 3. The van der Waals surface area contributed by atoms with Crippen LogP contribution in [0.15, 0.2) is 48.6 Å². The zero-order chi connectivity index (χ0) is 47.9. The lowest BCUT2D eigenvalue weighted by Crippen LogP contribution is -2.30. The summed E-state index contributed by atoms with van der Waals surface area (Å²) < 4.78 is 16.8. The van der Waals surface area contributed by atoms with Crippen molar-refractivity contribution in [3.63, 3.8) is 0 Å². The minimum Gasteiger partial charge on any atom is -0.462 e. The van der Waals surface area contributed by atoms with E-state index in [2.05, 4.69) is 69.4 Å². The molecule has 0 heterocycles. The number of allylic oxidation sites excluding steroid dienone is 8. The number of hydrogen-bond acceptors (Lipinski definition) is 6. The van der Waals surface area contributed by atoms with Crippen LogP contribution < -0.4 is 0 Å². The fourth-order valence-corrected chi connectivity index (χ4v) is 8.18. The Balaban J connectivity index is 4.33. The van der Waals surface area contributed by atoms with E-state index in [-0.39, 0.29) is 31.1 Å². The second-order valence-electron chi connectivity index (χ2n) is 19.2. The van der Waals surface area contributed by atoms with Gasteiger partial charge in [-0.3, -0.25) is 14.4 Å². The molecule has 6 heteroatoms. The molecule has 0 aliphatic carbocycles. The predicted molar refractivity (Wildman–Crippen MR) is 284 cm³/mol. The summed E-state index contributed by atoms with van der Waals surface area (Å²) in [6.07, 6.45) is 66.7. The van der Waals surface area contributed by atoms with Gasteiger partial charge in [-0.15, -0.1) is 0 Å². The van der Waals surface area contributed by atoms with Crippen molar-refractivity contribution in [2.45, 2.75) is 303 Å². The predicted octanol–water partition coefficient (Wildman–Crippen LogP) is 19.0. The molecule has 0 aliphatic heterocycles. The number of carbonyl (C=O) groups is 3. The fourth-order valence-electron chi connectivity index (χ4n) is 8.18. The van der Waals surface area contributed by atoms with Gasteiger partial charge in [0.1, 0.15) is 13.2 Å². The van der Waals surface area contributed by atoms with Gasteiger partial charge in [0.25, 0.3) is 0 Å². The van der Waals surface area contributed by atoms with Crippen LogP contribution in [0.25, 0.3) is 0 Å². The van der Waals surface area contributed by atoms with Crippen LogP contribution in [0.1, 0.15) is 297 Å². The molecule has 0 saturated heterocycles. The Hall–Kier alpha value is -2.63. The topological polar surface area (TPSA) is 78.9 Å². The first-order valence-electron chi connectivity index (χ1n) is 28.6. The Labute approximate surface area is 409 Å². The van der Waals surface area contributed by atoms with Gasteiger partial charge in [0, 0.05) is 19.3 Å². The lowest BCUT2D eigenvalue weighted by Gasteiger charge is -2.18. The highest BCUT2D eigenvalue weighted by Gasteiger charge is 2.19. The average molecular weight is 926 g/mol. The maximum absolute atomic E-state index is 12.8. The van der Waals surface area contributed by atoms with Gasteiger partial charge < -0.3 is 14.2 Å². The van der Waals surface area contributed by atoms with Crippen molar-refractivity contribution < 1.29 is 28.6 Å². The van der Waals surface area contributed by atoms with Crippen LogP contribution in [-0.2, 0) is 28.6 Å². The monoisotopic (exact) mass is 925 g/mol. The van der Waals surface area contributed by atoms with E-state index >= 15 is 0 Å². The molecule has 0 rings (SSSR count). The van der Waals surface area contributed by atoms with Crippen LogP contribution >= 0.6 is 0 Å². The molecule has 0 amide bonds. The molecule has 66 heavy (non-hydrogen) atoms. The zero-order valence-corrected chi connectivity index (χ0v) is 44.0. The molecule has 0 radical (unpaired) electrons. The second kappa shape index (κ2) is 55.0. The molecule has 0 N–H and O–H groups in total. The Morgan fingerprint density at radius 3 is 0.879 bits per heavy atom. The maximum Gasteiger partial charge on any atom is 0.306 e. The summed E-state index contributed by atoms with van der Waals surface area (Å²) in [5.41, 5.74) is 0. The van der Waals surface area contributed by atoms with Gasteiger partial charge >= 0.3 is 17.9 Å². The summed E-state index contributed by atoms with van der Waals surface area (Å²) in [5.74, 6) is -0.896. The summed E-state index contributed by atoms with van der Waals surface area (Å²) >= 11 is 0. The Bertz CT molecular complexity index is 1150. The summed E-state index contributed by atoms with van der Waals surface area (Å²) in [6, 6.07) is 0. The highest BCUT2D eigenvalue weighted by molar-refractivity contribution is 5.71. The highest BCUT2D eigenvalue weighted by atomic mass is 16.6. The largest absolute Gasteiger partial charge is 0.462 e. The fraction of sp³-hybridized carbons (Fsp3) is 0.817. The van der Waals surface area contributed by atoms with Crippen LogP contribution in [0.4, 0.5) is 0 Å². The molecule has 0 aromatic carbocycles. The zero-order valence-electron chi connectivity index (χ0n) is 44.0. The van der Waals surface area contributed by atoms with E-state index in [4.69, 9.17) is 14.2 Å².